The Morgan fingerprint density at radius 2 is 1.66 bits per heavy atom. The molecule has 0 unspecified atom stereocenters. The molecular formula is C23H22N2O4. The van der Waals surface area contributed by atoms with Gasteiger partial charge in [-0.05, 0) is 29.8 Å². The molecular weight excluding hydrogens is 368 g/mol. The molecule has 0 radical (unpaired) electrons. The second-order valence-electron chi connectivity index (χ2n) is 6.36. The monoisotopic (exact) mass is 390 g/mol. The van der Waals surface area contributed by atoms with E-state index in [-0.39, 0.29) is 0 Å². The van der Waals surface area contributed by atoms with Gasteiger partial charge in [0.05, 0.1) is 17.9 Å². The number of anilines is 2. The summed E-state index contributed by atoms with van der Waals surface area (Å²) < 4.78 is 5.85. The molecule has 0 aromatic heterocycles. The SMILES string of the molecule is O=C(O)CNC(=O)c1ccccc1Nc1cccc(OCCc2ccccc2)c1. The van der Waals surface area contributed by atoms with E-state index in [4.69, 9.17) is 9.84 Å². The second-order valence-corrected chi connectivity index (χ2v) is 6.36. The predicted molar refractivity (Wildman–Crippen MR) is 112 cm³/mol. The normalized spacial score (nSPS) is 10.2. The Hall–Kier alpha value is -3.80. The molecule has 0 aliphatic rings. The first-order valence-corrected chi connectivity index (χ1v) is 9.24. The van der Waals surface area contributed by atoms with Crippen LogP contribution in [-0.2, 0) is 11.2 Å². The molecule has 0 saturated heterocycles. The van der Waals surface area contributed by atoms with E-state index in [1.165, 1.54) is 5.56 Å². The second kappa shape index (κ2) is 9.94. The molecule has 0 saturated carbocycles. The number of aliphatic carboxylic acids is 1. The van der Waals surface area contributed by atoms with E-state index in [1.54, 1.807) is 24.3 Å². The van der Waals surface area contributed by atoms with Crippen LogP contribution in [0.4, 0.5) is 11.4 Å². The summed E-state index contributed by atoms with van der Waals surface area (Å²) in [4.78, 5) is 22.9. The maximum Gasteiger partial charge on any atom is 0.322 e. The lowest BCUT2D eigenvalue weighted by molar-refractivity contribution is -0.135. The van der Waals surface area contributed by atoms with Gasteiger partial charge in [0.25, 0.3) is 5.91 Å². The van der Waals surface area contributed by atoms with Gasteiger partial charge in [0, 0.05) is 18.2 Å². The van der Waals surface area contributed by atoms with E-state index in [9.17, 15) is 9.59 Å². The topological polar surface area (TPSA) is 87.7 Å². The van der Waals surface area contributed by atoms with Crippen LogP contribution in [0.15, 0.2) is 78.9 Å². The fraction of sp³-hybridized carbons (Fsp3) is 0.130. The Balaban J connectivity index is 1.64. The Morgan fingerprint density at radius 3 is 2.45 bits per heavy atom. The van der Waals surface area contributed by atoms with Crippen LogP contribution in [0.25, 0.3) is 0 Å². The van der Waals surface area contributed by atoms with Gasteiger partial charge in [-0.3, -0.25) is 9.59 Å². The molecule has 0 spiro atoms. The first-order valence-electron chi connectivity index (χ1n) is 9.24. The van der Waals surface area contributed by atoms with Crippen LogP contribution in [0, 0.1) is 0 Å². The van der Waals surface area contributed by atoms with Crippen molar-refractivity contribution in [2.45, 2.75) is 6.42 Å². The van der Waals surface area contributed by atoms with Crippen LogP contribution in [-0.4, -0.2) is 30.1 Å². The third-order valence-electron chi connectivity index (χ3n) is 4.19. The maximum absolute atomic E-state index is 12.3. The maximum atomic E-state index is 12.3. The summed E-state index contributed by atoms with van der Waals surface area (Å²) in [5, 5.41) is 14.3. The lowest BCUT2D eigenvalue weighted by Crippen LogP contribution is -2.29. The number of hydrogen-bond donors (Lipinski definition) is 3. The highest BCUT2D eigenvalue weighted by molar-refractivity contribution is 6.01. The minimum Gasteiger partial charge on any atom is -0.493 e. The van der Waals surface area contributed by atoms with E-state index in [0.29, 0.717) is 17.9 Å². The van der Waals surface area contributed by atoms with Gasteiger partial charge >= 0.3 is 5.97 Å². The summed E-state index contributed by atoms with van der Waals surface area (Å²) in [6.07, 6.45) is 0.811. The van der Waals surface area contributed by atoms with Gasteiger partial charge in [-0.25, -0.2) is 0 Å². The number of carboxylic acids is 1. The summed E-state index contributed by atoms with van der Waals surface area (Å²) in [6.45, 7) is 0.125. The number of carbonyl (C=O) groups excluding carboxylic acids is 1. The number of carboxylic acid groups (broad SMARTS) is 1. The fourth-order valence-corrected chi connectivity index (χ4v) is 2.79. The Labute approximate surface area is 169 Å². The number of nitrogens with one attached hydrogen (secondary N) is 2. The van der Waals surface area contributed by atoms with Gasteiger partial charge in [0.15, 0.2) is 0 Å². The average molecular weight is 390 g/mol. The standard InChI is InChI=1S/C23H22N2O4/c26-22(27)16-24-23(28)20-11-4-5-12-21(20)25-18-9-6-10-19(15-18)29-14-13-17-7-2-1-3-8-17/h1-12,15,25H,13-14,16H2,(H,24,28)(H,26,27). The van der Waals surface area contributed by atoms with Gasteiger partial charge < -0.3 is 20.5 Å². The van der Waals surface area contributed by atoms with Crippen molar-refractivity contribution in [3.8, 4) is 5.75 Å². The molecule has 3 N–H and O–H groups in total. The number of hydrogen-bond acceptors (Lipinski definition) is 4. The number of carbonyl (C=O) groups is 2. The Morgan fingerprint density at radius 1 is 0.897 bits per heavy atom. The minimum absolute atomic E-state index is 0.365. The van der Waals surface area contributed by atoms with Crippen molar-refractivity contribution in [2.75, 3.05) is 18.5 Å². The largest absolute Gasteiger partial charge is 0.493 e. The molecule has 0 atom stereocenters. The van der Waals surface area contributed by atoms with Gasteiger partial charge in [-0.2, -0.15) is 0 Å². The Bertz CT molecular complexity index is 973. The quantitative estimate of drug-likeness (QED) is 0.516. The van der Waals surface area contributed by atoms with Crippen LogP contribution in [0.1, 0.15) is 15.9 Å². The highest BCUT2D eigenvalue weighted by Gasteiger charge is 2.12. The van der Waals surface area contributed by atoms with Crippen molar-refractivity contribution >= 4 is 23.3 Å². The van der Waals surface area contributed by atoms with Gasteiger partial charge in [0.1, 0.15) is 12.3 Å². The highest BCUT2D eigenvalue weighted by Crippen LogP contribution is 2.24. The number of benzene rings is 3. The lowest BCUT2D eigenvalue weighted by atomic mass is 10.1. The number of para-hydroxylation sites is 1. The van der Waals surface area contributed by atoms with Crippen molar-refractivity contribution in [3.63, 3.8) is 0 Å². The molecule has 148 valence electrons. The number of ether oxygens (including phenoxy) is 1. The summed E-state index contributed by atoms with van der Waals surface area (Å²) >= 11 is 0. The van der Waals surface area contributed by atoms with Crippen LogP contribution < -0.4 is 15.4 Å². The van der Waals surface area contributed by atoms with Crippen molar-refractivity contribution in [1.82, 2.24) is 5.32 Å². The molecule has 3 aromatic carbocycles. The van der Waals surface area contributed by atoms with Crippen molar-refractivity contribution in [3.05, 3.63) is 90.0 Å². The summed E-state index contributed by atoms with van der Waals surface area (Å²) in [5.74, 6) is -0.825. The van der Waals surface area contributed by atoms with Crippen molar-refractivity contribution in [1.29, 1.82) is 0 Å². The van der Waals surface area contributed by atoms with E-state index >= 15 is 0 Å². The summed E-state index contributed by atoms with van der Waals surface area (Å²) in [7, 11) is 0. The van der Waals surface area contributed by atoms with Gasteiger partial charge in [0.2, 0.25) is 0 Å². The summed E-state index contributed by atoms with van der Waals surface area (Å²) in [5.41, 5.74) is 2.92. The van der Waals surface area contributed by atoms with Gasteiger partial charge in [-0.15, -0.1) is 0 Å². The van der Waals surface area contributed by atoms with E-state index in [1.807, 2.05) is 42.5 Å². The average Bonchev–Trinajstić information content (AvgIpc) is 2.73. The molecule has 3 rings (SSSR count). The van der Waals surface area contributed by atoms with Crippen molar-refractivity contribution in [2.24, 2.45) is 0 Å². The third kappa shape index (κ3) is 6.10. The zero-order chi connectivity index (χ0) is 20.5. The number of amides is 1. The third-order valence-corrected chi connectivity index (χ3v) is 4.19. The predicted octanol–water partition coefficient (Wildman–Crippen LogP) is 3.87. The van der Waals surface area contributed by atoms with Crippen molar-refractivity contribution < 1.29 is 19.4 Å². The minimum atomic E-state index is -1.09. The first-order chi connectivity index (χ1) is 14.1. The Kier molecular flexibility index (Phi) is 6.84. The molecule has 0 aliphatic carbocycles. The van der Waals surface area contributed by atoms with Crippen LogP contribution in [0.3, 0.4) is 0 Å². The molecule has 0 heterocycles. The number of rotatable bonds is 9. The molecule has 0 fully saturated rings. The highest BCUT2D eigenvalue weighted by atomic mass is 16.5. The van der Waals surface area contributed by atoms with Crippen LogP contribution >= 0.6 is 0 Å². The zero-order valence-electron chi connectivity index (χ0n) is 15.8. The van der Waals surface area contributed by atoms with E-state index < -0.39 is 18.4 Å². The van der Waals surface area contributed by atoms with Crippen LogP contribution in [0.5, 0.6) is 5.75 Å². The molecule has 3 aromatic rings. The smallest absolute Gasteiger partial charge is 0.322 e. The zero-order valence-corrected chi connectivity index (χ0v) is 15.8. The van der Waals surface area contributed by atoms with E-state index in [2.05, 4.69) is 22.8 Å². The summed E-state index contributed by atoms with van der Waals surface area (Å²) in [6, 6.07) is 24.5. The lowest BCUT2D eigenvalue weighted by Gasteiger charge is -2.13. The molecule has 29 heavy (non-hydrogen) atoms. The fourth-order valence-electron chi connectivity index (χ4n) is 2.79. The molecule has 0 bridgehead atoms. The molecule has 1 amide bonds. The molecule has 6 nitrogen and oxygen atoms in total. The van der Waals surface area contributed by atoms with Gasteiger partial charge in [-0.1, -0.05) is 48.5 Å². The molecule has 0 aliphatic heterocycles. The van der Waals surface area contributed by atoms with Crippen LogP contribution in [0.2, 0.25) is 0 Å². The van der Waals surface area contributed by atoms with E-state index in [0.717, 1.165) is 17.9 Å². The molecule has 6 heteroatoms. The first kappa shape index (κ1) is 19.9.